The van der Waals surface area contributed by atoms with Crippen molar-refractivity contribution in [1.82, 2.24) is 14.5 Å². The lowest BCUT2D eigenvalue weighted by atomic mass is 10.0. The van der Waals surface area contributed by atoms with E-state index in [2.05, 4.69) is 4.98 Å². The molecule has 0 aliphatic heterocycles. The van der Waals surface area contributed by atoms with Crippen LogP contribution in [0.25, 0.3) is 0 Å². The van der Waals surface area contributed by atoms with Crippen molar-refractivity contribution in [2.75, 3.05) is 7.05 Å². The topological polar surface area (TPSA) is 112 Å². The van der Waals surface area contributed by atoms with Gasteiger partial charge in [-0.3, -0.25) is 14.2 Å². The quantitative estimate of drug-likeness (QED) is 0.731. The molecule has 1 amide bonds. The highest BCUT2D eigenvalue weighted by atomic mass is 16.4. The molecule has 1 aromatic rings. The molecule has 104 valence electrons. The molecule has 0 spiro atoms. The first-order chi connectivity index (χ1) is 8.60. The Bertz CT molecular complexity index is 640. The summed E-state index contributed by atoms with van der Waals surface area (Å²) in [5, 5.41) is 9.04. The zero-order chi connectivity index (χ0) is 15.0. The zero-order valence-electron chi connectivity index (χ0n) is 11.1. The highest BCUT2D eigenvalue weighted by molar-refractivity contribution is 5.96. The predicted octanol–water partition coefficient (Wildman–Crippen LogP) is -0.991. The number of aliphatic carboxylic acids is 1. The summed E-state index contributed by atoms with van der Waals surface area (Å²) >= 11 is 0. The zero-order valence-corrected chi connectivity index (χ0v) is 11.1. The van der Waals surface area contributed by atoms with Crippen LogP contribution in [0.4, 0.5) is 0 Å². The van der Waals surface area contributed by atoms with Gasteiger partial charge in [-0.25, -0.2) is 9.59 Å². The number of aromatic nitrogens is 2. The van der Waals surface area contributed by atoms with Crippen molar-refractivity contribution in [2.24, 2.45) is 7.05 Å². The van der Waals surface area contributed by atoms with Crippen LogP contribution in [-0.4, -0.2) is 44.0 Å². The van der Waals surface area contributed by atoms with Crippen LogP contribution >= 0.6 is 0 Å². The van der Waals surface area contributed by atoms with Crippen LogP contribution in [-0.2, 0) is 11.8 Å². The lowest BCUT2D eigenvalue weighted by Crippen LogP contribution is -2.52. The highest BCUT2D eigenvalue weighted by Gasteiger charge is 2.36. The van der Waals surface area contributed by atoms with Gasteiger partial charge in [0, 0.05) is 20.3 Å². The summed E-state index contributed by atoms with van der Waals surface area (Å²) < 4.78 is 0.745. The van der Waals surface area contributed by atoms with Crippen molar-refractivity contribution in [3.63, 3.8) is 0 Å². The number of carbonyl (C=O) groups excluding carboxylic acids is 1. The molecule has 0 aliphatic carbocycles. The Hall–Kier alpha value is -2.38. The Labute approximate surface area is 108 Å². The fourth-order valence-corrected chi connectivity index (χ4v) is 1.30. The van der Waals surface area contributed by atoms with E-state index >= 15 is 0 Å². The van der Waals surface area contributed by atoms with Crippen molar-refractivity contribution < 1.29 is 14.7 Å². The van der Waals surface area contributed by atoms with E-state index in [4.69, 9.17) is 5.11 Å². The summed E-state index contributed by atoms with van der Waals surface area (Å²) in [5.74, 6) is -1.98. The van der Waals surface area contributed by atoms with E-state index in [0.29, 0.717) is 0 Å². The molecule has 0 aliphatic rings. The van der Waals surface area contributed by atoms with Crippen LogP contribution in [0.1, 0.15) is 24.2 Å². The minimum atomic E-state index is -1.47. The van der Waals surface area contributed by atoms with Crippen molar-refractivity contribution >= 4 is 11.9 Å². The molecule has 1 aromatic heterocycles. The first kappa shape index (κ1) is 14.7. The fourth-order valence-electron chi connectivity index (χ4n) is 1.30. The van der Waals surface area contributed by atoms with E-state index < -0.39 is 28.7 Å². The smallest absolute Gasteiger partial charge is 0.329 e. The molecule has 2 N–H and O–H groups in total. The molecule has 8 heteroatoms. The normalized spacial score (nSPS) is 11.2. The fraction of sp³-hybridized carbons (Fsp3) is 0.455. The monoisotopic (exact) mass is 269 g/mol. The maximum Gasteiger partial charge on any atom is 0.329 e. The summed E-state index contributed by atoms with van der Waals surface area (Å²) in [4.78, 5) is 49.3. The second kappa shape index (κ2) is 4.71. The van der Waals surface area contributed by atoms with Crippen LogP contribution < -0.4 is 11.2 Å². The molecule has 0 saturated carbocycles. The Morgan fingerprint density at radius 3 is 2.37 bits per heavy atom. The van der Waals surface area contributed by atoms with Crippen molar-refractivity contribution in [2.45, 2.75) is 19.4 Å². The van der Waals surface area contributed by atoms with E-state index in [0.717, 1.165) is 15.7 Å². The minimum absolute atomic E-state index is 0.293. The number of carboxylic acid groups (broad SMARTS) is 1. The van der Waals surface area contributed by atoms with Gasteiger partial charge in [0.05, 0.1) is 0 Å². The van der Waals surface area contributed by atoms with Crippen LogP contribution in [0, 0.1) is 0 Å². The molecule has 0 radical (unpaired) electrons. The summed E-state index contributed by atoms with van der Waals surface area (Å²) in [5.41, 5.74) is -3.19. The van der Waals surface area contributed by atoms with Gasteiger partial charge in [-0.15, -0.1) is 0 Å². The van der Waals surface area contributed by atoms with E-state index in [1.54, 1.807) is 0 Å². The number of hydrogen-bond donors (Lipinski definition) is 2. The number of carbonyl (C=O) groups is 2. The molecule has 1 heterocycles. The summed E-state index contributed by atoms with van der Waals surface area (Å²) in [6, 6.07) is 0. The van der Waals surface area contributed by atoms with Gasteiger partial charge in [0.15, 0.2) is 0 Å². The third-order valence-corrected chi connectivity index (χ3v) is 3.08. The van der Waals surface area contributed by atoms with Gasteiger partial charge in [0.2, 0.25) is 0 Å². The van der Waals surface area contributed by atoms with Crippen LogP contribution in [0.2, 0.25) is 0 Å². The summed E-state index contributed by atoms with van der Waals surface area (Å²) in [6.45, 7) is 2.67. The third kappa shape index (κ3) is 2.42. The molecule has 1 rings (SSSR count). The van der Waals surface area contributed by atoms with E-state index in [9.17, 15) is 19.2 Å². The minimum Gasteiger partial charge on any atom is -0.480 e. The second-order valence-electron chi connectivity index (χ2n) is 4.60. The molecular weight excluding hydrogens is 254 g/mol. The Morgan fingerprint density at radius 1 is 1.37 bits per heavy atom. The number of H-pyrrole nitrogens is 1. The van der Waals surface area contributed by atoms with Gasteiger partial charge in [-0.2, -0.15) is 0 Å². The first-order valence-electron chi connectivity index (χ1n) is 5.41. The molecule has 0 saturated heterocycles. The predicted molar refractivity (Wildman–Crippen MR) is 66.1 cm³/mol. The number of rotatable bonds is 3. The van der Waals surface area contributed by atoms with Crippen molar-refractivity contribution in [3.05, 3.63) is 32.6 Å². The maximum atomic E-state index is 12.1. The Morgan fingerprint density at radius 2 is 1.89 bits per heavy atom. The number of nitrogens with one attached hydrogen (secondary N) is 1. The highest BCUT2D eigenvalue weighted by Crippen LogP contribution is 2.14. The number of likely N-dealkylation sites (N-methyl/N-ethyl adjacent to an activating group) is 1. The van der Waals surface area contributed by atoms with E-state index in [1.165, 1.54) is 27.9 Å². The van der Waals surface area contributed by atoms with Crippen LogP contribution in [0.5, 0.6) is 0 Å². The van der Waals surface area contributed by atoms with Gasteiger partial charge >= 0.3 is 11.7 Å². The Kier molecular flexibility index (Phi) is 3.64. The second-order valence-corrected chi connectivity index (χ2v) is 4.60. The average Bonchev–Trinajstić information content (AvgIpc) is 2.34. The lowest BCUT2D eigenvalue weighted by molar-refractivity contribution is -0.147. The van der Waals surface area contributed by atoms with Gasteiger partial charge in [-0.1, -0.05) is 0 Å². The summed E-state index contributed by atoms with van der Waals surface area (Å²) in [7, 11) is 2.50. The van der Waals surface area contributed by atoms with Gasteiger partial charge < -0.3 is 15.0 Å². The molecule has 0 aromatic carbocycles. The average molecular weight is 269 g/mol. The molecular formula is C11H15N3O5. The van der Waals surface area contributed by atoms with Crippen LogP contribution in [0.3, 0.4) is 0 Å². The SMILES string of the molecule is CN(C(=O)c1c[nH]c(=O)n(C)c1=O)C(C)(C)C(=O)O. The molecule has 0 bridgehead atoms. The van der Waals surface area contributed by atoms with E-state index in [1.807, 2.05) is 0 Å². The number of hydrogen-bond acceptors (Lipinski definition) is 4. The molecule has 0 atom stereocenters. The molecule has 0 fully saturated rings. The number of carboxylic acids is 1. The molecule has 19 heavy (non-hydrogen) atoms. The first-order valence-corrected chi connectivity index (χ1v) is 5.41. The van der Waals surface area contributed by atoms with E-state index in [-0.39, 0.29) is 5.56 Å². The summed E-state index contributed by atoms with van der Waals surface area (Å²) in [6.07, 6.45) is 0.988. The van der Waals surface area contributed by atoms with Crippen molar-refractivity contribution in [1.29, 1.82) is 0 Å². The maximum absolute atomic E-state index is 12.1. The standard InChI is InChI=1S/C11H15N3O5/c1-11(2,9(17)18)14(4)8(16)6-5-12-10(19)13(3)7(6)15/h5H,1-4H3,(H,12,19)(H,17,18). The third-order valence-electron chi connectivity index (χ3n) is 3.08. The number of nitrogens with zero attached hydrogens (tertiary/aromatic N) is 2. The largest absolute Gasteiger partial charge is 0.480 e. The van der Waals surface area contributed by atoms with Gasteiger partial charge in [0.1, 0.15) is 11.1 Å². The van der Waals surface area contributed by atoms with Gasteiger partial charge in [0.25, 0.3) is 11.5 Å². The molecule has 0 unspecified atom stereocenters. The number of aromatic amines is 1. The van der Waals surface area contributed by atoms with Gasteiger partial charge in [-0.05, 0) is 13.8 Å². The Balaban J connectivity index is 3.30. The van der Waals surface area contributed by atoms with Crippen molar-refractivity contribution in [3.8, 4) is 0 Å². The molecule has 8 nitrogen and oxygen atoms in total. The number of amides is 1. The lowest BCUT2D eigenvalue weighted by Gasteiger charge is -2.31. The van der Waals surface area contributed by atoms with Crippen LogP contribution in [0.15, 0.2) is 15.8 Å².